The Labute approximate surface area is 142 Å². The molecule has 0 aliphatic carbocycles. The van der Waals surface area contributed by atoms with Gasteiger partial charge in [-0.15, -0.1) is 11.6 Å². The standard InChI is InChI=1S/C14H17ClIN3S/c15-10-14-17-12-9-11(16)1-2-13(12)19(14)4-3-18-5-7-20-8-6-18/h1-2,9H,3-8,10H2. The van der Waals surface area contributed by atoms with Gasteiger partial charge in [0.15, 0.2) is 0 Å². The van der Waals surface area contributed by atoms with E-state index in [9.17, 15) is 0 Å². The van der Waals surface area contributed by atoms with Gasteiger partial charge >= 0.3 is 0 Å². The molecular formula is C14H17ClIN3S. The maximum atomic E-state index is 6.06. The maximum Gasteiger partial charge on any atom is 0.124 e. The van der Waals surface area contributed by atoms with E-state index in [-0.39, 0.29) is 0 Å². The monoisotopic (exact) mass is 421 g/mol. The Morgan fingerprint density at radius 1 is 1.25 bits per heavy atom. The van der Waals surface area contributed by atoms with Crippen LogP contribution in [0, 0.1) is 3.57 Å². The van der Waals surface area contributed by atoms with Gasteiger partial charge in [0.2, 0.25) is 0 Å². The number of hydrogen-bond donors (Lipinski definition) is 0. The summed E-state index contributed by atoms with van der Waals surface area (Å²) in [7, 11) is 0. The highest BCUT2D eigenvalue weighted by Crippen LogP contribution is 2.20. The minimum atomic E-state index is 0.473. The van der Waals surface area contributed by atoms with Crippen LogP contribution in [0.2, 0.25) is 0 Å². The van der Waals surface area contributed by atoms with Crippen LogP contribution in [-0.4, -0.2) is 45.6 Å². The van der Waals surface area contributed by atoms with Gasteiger partial charge in [-0.3, -0.25) is 4.90 Å². The van der Waals surface area contributed by atoms with Gasteiger partial charge in [0.1, 0.15) is 5.82 Å². The van der Waals surface area contributed by atoms with Gasteiger partial charge in [-0.1, -0.05) is 0 Å². The van der Waals surface area contributed by atoms with Gasteiger partial charge in [0.25, 0.3) is 0 Å². The zero-order chi connectivity index (χ0) is 13.9. The van der Waals surface area contributed by atoms with Crippen LogP contribution in [-0.2, 0) is 12.4 Å². The quantitative estimate of drug-likeness (QED) is 0.557. The number of halogens is 2. The fourth-order valence-electron chi connectivity index (χ4n) is 2.57. The molecule has 1 aliphatic heterocycles. The molecule has 0 N–H and O–H groups in total. The van der Waals surface area contributed by atoms with Gasteiger partial charge in [0, 0.05) is 41.3 Å². The minimum absolute atomic E-state index is 0.473. The number of nitrogens with zero attached hydrogens (tertiary/aromatic N) is 3. The van der Waals surface area contributed by atoms with Gasteiger partial charge in [-0.05, 0) is 40.8 Å². The average molecular weight is 422 g/mol. The number of rotatable bonds is 4. The van der Waals surface area contributed by atoms with Crippen molar-refractivity contribution in [1.82, 2.24) is 14.5 Å². The van der Waals surface area contributed by atoms with Crippen molar-refractivity contribution < 1.29 is 0 Å². The van der Waals surface area contributed by atoms with Crippen LogP contribution in [0.15, 0.2) is 18.2 Å². The molecule has 2 aromatic rings. The summed E-state index contributed by atoms with van der Waals surface area (Å²) in [6, 6.07) is 6.42. The number of alkyl halides is 1. The first-order valence-corrected chi connectivity index (χ1v) is 9.55. The summed E-state index contributed by atoms with van der Waals surface area (Å²) in [4.78, 5) is 7.19. The predicted molar refractivity (Wildman–Crippen MR) is 95.8 cm³/mol. The molecule has 0 radical (unpaired) electrons. The van der Waals surface area contributed by atoms with E-state index in [1.54, 1.807) is 0 Å². The summed E-state index contributed by atoms with van der Waals surface area (Å²) < 4.78 is 3.49. The highest BCUT2D eigenvalue weighted by molar-refractivity contribution is 14.1. The highest BCUT2D eigenvalue weighted by Gasteiger charge is 2.13. The topological polar surface area (TPSA) is 21.1 Å². The molecule has 0 spiro atoms. The second-order valence-electron chi connectivity index (χ2n) is 4.90. The molecule has 0 bridgehead atoms. The van der Waals surface area contributed by atoms with Gasteiger partial charge in [0.05, 0.1) is 16.9 Å². The number of fused-ring (bicyclic) bond motifs is 1. The van der Waals surface area contributed by atoms with Crippen LogP contribution in [0.3, 0.4) is 0 Å². The molecule has 20 heavy (non-hydrogen) atoms. The van der Waals surface area contributed by atoms with Crippen molar-refractivity contribution in [2.24, 2.45) is 0 Å². The van der Waals surface area contributed by atoms with E-state index in [0.29, 0.717) is 5.88 Å². The average Bonchev–Trinajstić information content (AvgIpc) is 2.83. The first-order valence-electron chi connectivity index (χ1n) is 6.78. The molecule has 2 heterocycles. The molecule has 0 unspecified atom stereocenters. The number of benzene rings is 1. The second-order valence-corrected chi connectivity index (χ2v) is 7.64. The Hall–Kier alpha value is 0.0200. The fourth-order valence-corrected chi connectivity index (χ4v) is 4.23. The van der Waals surface area contributed by atoms with Gasteiger partial charge in [-0.25, -0.2) is 4.98 Å². The van der Waals surface area contributed by atoms with Gasteiger partial charge < -0.3 is 4.57 Å². The zero-order valence-corrected chi connectivity index (χ0v) is 14.9. The second kappa shape index (κ2) is 6.85. The van der Waals surface area contributed by atoms with Crippen molar-refractivity contribution in [2.45, 2.75) is 12.4 Å². The summed E-state index contributed by atoms with van der Waals surface area (Å²) in [5.41, 5.74) is 2.26. The Balaban J connectivity index is 1.81. The van der Waals surface area contributed by atoms with Crippen LogP contribution < -0.4 is 0 Å². The molecular weight excluding hydrogens is 405 g/mol. The van der Waals surface area contributed by atoms with Crippen molar-refractivity contribution in [3.63, 3.8) is 0 Å². The van der Waals surface area contributed by atoms with E-state index in [4.69, 9.17) is 11.6 Å². The Bertz CT molecular complexity index is 595. The third-order valence-corrected chi connectivity index (χ3v) is 5.50. The van der Waals surface area contributed by atoms with E-state index < -0.39 is 0 Å². The fraction of sp³-hybridized carbons (Fsp3) is 0.500. The Morgan fingerprint density at radius 2 is 2.05 bits per heavy atom. The molecule has 108 valence electrons. The molecule has 3 nitrogen and oxygen atoms in total. The molecule has 0 saturated carbocycles. The van der Waals surface area contributed by atoms with E-state index in [1.807, 2.05) is 0 Å². The molecule has 1 aromatic heterocycles. The zero-order valence-electron chi connectivity index (χ0n) is 11.2. The summed E-state index contributed by atoms with van der Waals surface area (Å²) in [6.07, 6.45) is 0. The Morgan fingerprint density at radius 3 is 2.80 bits per heavy atom. The molecule has 0 amide bonds. The van der Waals surface area contributed by atoms with E-state index in [0.717, 1.165) is 24.4 Å². The molecule has 0 atom stereocenters. The van der Waals surface area contributed by atoms with Crippen LogP contribution >= 0.6 is 46.0 Å². The smallest absolute Gasteiger partial charge is 0.124 e. The molecule has 1 fully saturated rings. The van der Waals surface area contributed by atoms with Crippen LogP contribution in [0.25, 0.3) is 11.0 Å². The normalized spacial score (nSPS) is 16.9. The molecule has 1 aromatic carbocycles. The van der Waals surface area contributed by atoms with Crippen LogP contribution in [0.5, 0.6) is 0 Å². The lowest BCUT2D eigenvalue weighted by Crippen LogP contribution is -2.35. The number of imidazole rings is 1. The van der Waals surface area contributed by atoms with Crippen molar-refractivity contribution >= 4 is 57.0 Å². The Kier molecular flexibility index (Phi) is 5.12. The third kappa shape index (κ3) is 3.26. The molecule has 6 heteroatoms. The van der Waals surface area contributed by atoms with E-state index >= 15 is 0 Å². The van der Waals surface area contributed by atoms with Crippen molar-refractivity contribution in [3.8, 4) is 0 Å². The first kappa shape index (κ1) is 14.9. The summed E-state index contributed by atoms with van der Waals surface area (Å²) in [6.45, 7) is 4.46. The van der Waals surface area contributed by atoms with E-state index in [1.165, 1.54) is 33.7 Å². The summed E-state index contributed by atoms with van der Waals surface area (Å²) in [5.74, 6) is 3.97. The minimum Gasteiger partial charge on any atom is -0.326 e. The lowest BCUT2D eigenvalue weighted by Gasteiger charge is -2.26. The van der Waals surface area contributed by atoms with Crippen molar-refractivity contribution in [3.05, 3.63) is 27.6 Å². The molecule has 1 saturated heterocycles. The SMILES string of the molecule is ClCc1nc2cc(I)ccc2n1CCN1CCSCC1. The maximum absolute atomic E-state index is 6.06. The number of hydrogen-bond acceptors (Lipinski definition) is 3. The van der Waals surface area contributed by atoms with E-state index in [2.05, 4.69) is 67.0 Å². The number of aromatic nitrogens is 2. The van der Waals surface area contributed by atoms with Crippen molar-refractivity contribution in [1.29, 1.82) is 0 Å². The third-order valence-electron chi connectivity index (χ3n) is 3.65. The number of thioether (sulfide) groups is 1. The van der Waals surface area contributed by atoms with Crippen LogP contribution in [0.4, 0.5) is 0 Å². The lowest BCUT2D eigenvalue weighted by atomic mass is 10.3. The van der Waals surface area contributed by atoms with Crippen LogP contribution in [0.1, 0.15) is 5.82 Å². The molecule has 1 aliphatic rings. The largest absolute Gasteiger partial charge is 0.326 e. The predicted octanol–water partition coefficient (Wildman–Crippen LogP) is 3.43. The molecule has 3 rings (SSSR count). The van der Waals surface area contributed by atoms with Gasteiger partial charge in [-0.2, -0.15) is 11.8 Å². The van der Waals surface area contributed by atoms with Crippen molar-refractivity contribution in [2.75, 3.05) is 31.1 Å². The summed E-state index contributed by atoms with van der Waals surface area (Å²) in [5, 5.41) is 0. The summed E-state index contributed by atoms with van der Waals surface area (Å²) >= 11 is 10.4. The highest BCUT2D eigenvalue weighted by atomic mass is 127. The first-order chi connectivity index (χ1) is 9.78. The lowest BCUT2D eigenvalue weighted by molar-refractivity contribution is 0.290.